The molecule has 0 saturated heterocycles. The van der Waals surface area contributed by atoms with Crippen molar-refractivity contribution < 1.29 is 9.59 Å². The van der Waals surface area contributed by atoms with Crippen molar-refractivity contribution >= 4 is 12.2 Å². The average Bonchev–Trinajstić information content (AvgIpc) is 2.23. The number of carbonyl (C=O) groups excluding carboxylic acids is 2. The van der Waals surface area contributed by atoms with Crippen LogP contribution < -0.4 is 5.32 Å². The standard InChI is InChI=1S/C11H15NO2/c1-4-9(11(14)6-3)7-10(5-2)12-8-13/h4-5,7-8H,1,6H2,2-3H3,(H,12,13)/b9-7+,10-5+. The van der Waals surface area contributed by atoms with Gasteiger partial charge in [0.05, 0.1) is 0 Å². The zero-order valence-electron chi connectivity index (χ0n) is 8.54. The Balaban J connectivity index is 4.81. The van der Waals surface area contributed by atoms with E-state index in [0.29, 0.717) is 24.1 Å². The smallest absolute Gasteiger partial charge is 0.211 e. The quantitative estimate of drug-likeness (QED) is 0.396. The van der Waals surface area contributed by atoms with Crippen LogP contribution >= 0.6 is 0 Å². The molecule has 0 unspecified atom stereocenters. The maximum atomic E-state index is 11.3. The fraction of sp³-hybridized carbons (Fsp3) is 0.273. The van der Waals surface area contributed by atoms with Crippen LogP contribution in [-0.4, -0.2) is 12.2 Å². The third kappa shape index (κ3) is 3.85. The Bertz CT molecular complexity index is 288. The Morgan fingerprint density at radius 3 is 2.50 bits per heavy atom. The van der Waals surface area contributed by atoms with Crippen LogP contribution in [0.15, 0.2) is 36.1 Å². The van der Waals surface area contributed by atoms with E-state index in [1.807, 2.05) is 0 Å². The number of rotatable bonds is 6. The number of hydrogen-bond donors (Lipinski definition) is 1. The molecule has 0 heterocycles. The lowest BCUT2D eigenvalue weighted by Crippen LogP contribution is -2.09. The second-order valence-corrected chi connectivity index (χ2v) is 2.59. The first-order valence-electron chi connectivity index (χ1n) is 4.43. The van der Waals surface area contributed by atoms with Crippen molar-refractivity contribution in [3.8, 4) is 0 Å². The Labute approximate surface area is 84.2 Å². The van der Waals surface area contributed by atoms with E-state index in [1.165, 1.54) is 6.08 Å². The van der Waals surface area contributed by atoms with E-state index in [4.69, 9.17) is 0 Å². The molecule has 0 rings (SSSR count). The summed E-state index contributed by atoms with van der Waals surface area (Å²) in [5.74, 6) is 0.00653. The minimum absolute atomic E-state index is 0.00653. The second-order valence-electron chi connectivity index (χ2n) is 2.59. The lowest BCUT2D eigenvalue weighted by Gasteiger charge is -2.01. The highest BCUT2D eigenvalue weighted by atomic mass is 16.1. The van der Waals surface area contributed by atoms with Gasteiger partial charge in [0.25, 0.3) is 0 Å². The summed E-state index contributed by atoms with van der Waals surface area (Å²) in [5.41, 5.74) is 1.10. The monoisotopic (exact) mass is 193 g/mol. The molecule has 14 heavy (non-hydrogen) atoms. The average molecular weight is 193 g/mol. The normalized spacial score (nSPS) is 12.1. The maximum absolute atomic E-state index is 11.3. The van der Waals surface area contributed by atoms with Gasteiger partial charge >= 0.3 is 0 Å². The number of allylic oxidation sites excluding steroid dienone is 4. The molecule has 0 bridgehead atoms. The summed E-state index contributed by atoms with van der Waals surface area (Å²) in [6.07, 6.45) is 5.80. The summed E-state index contributed by atoms with van der Waals surface area (Å²) in [6, 6.07) is 0. The van der Waals surface area contributed by atoms with E-state index in [-0.39, 0.29) is 5.78 Å². The molecule has 0 aliphatic rings. The van der Waals surface area contributed by atoms with Crippen molar-refractivity contribution in [2.45, 2.75) is 20.3 Å². The van der Waals surface area contributed by atoms with Gasteiger partial charge in [-0.15, -0.1) is 0 Å². The van der Waals surface area contributed by atoms with E-state index >= 15 is 0 Å². The van der Waals surface area contributed by atoms with Crippen LogP contribution in [0.1, 0.15) is 20.3 Å². The van der Waals surface area contributed by atoms with E-state index in [2.05, 4.69) is 11.9 Å². The molecule has 1 amide bonds. The van der Waals surface area contributed by atoms with Crippen LogP contribution in [0.4, 0.5) is 0 Å². The number of ketones is 1. The Morgan fingerprint density at radius 2 is 2.14 bits per heavy atom. The number of carbonyl (C=O) groups is 2. The lowest BCUT2D eigenvalue weighted by atomic mass is 10.1. The van der Waals surface area contributed by atoms with Gasteiger partial charge in [-0.2, -0.15) is 0 Å². The van der Waals surface area contributed by atoms with Crippen LogP contribution in [0, 0.1) is 0 Å². The molecule has 0 aliphatic carbocycles. The van der Waals surface area contributed by atoms with Crippen molar-refractivity contribution in [1.29, 1.82) is 0 Å². The second kappa shape index (κ2) is 6.83. The fourth-order valence-corrected chi connectivity index (χ4v) is 0.901. The zero-order chi connectivity index (χ0) is 11.0. The molecule has 0 spiro atoms. The molecule has 0 aliphatic heterocycles. The zero-order valence-corrected chi connectivity index (χ0v) is 8.54. The number of amides is 1. The minimum atomic E-state index is 0.00653. The van der Waals surface area contributed by atoms with E-state index < -0.39 is 0 Å². The van der Waals surface area contributed by atoms with Crippen LogP contribution in [0.2, 0.25) is 0 Å². The predicted octanol–water partition coefficient (Wildman–Crippen LogP) is 1.73. The molecular weight excluding hydrogens is 178 g/mol. The molecule has 0 aromatic rings. The first kappa shape index (κ1) is 12.4. The summed E-state index contributed by atoms with van der Waals surface area (Å²) in [5, 5.41) is 2.48. The molecular formula is C11H15NO2. The molecule has 0 aromatic carbocycles. The molecule has 0 saturated carbocycles. The van der Waals surface area contributed by atoms with Gasteiger partial charge in [0.2, 0.25) is 6.41 Å². The molecule has 3 heteroatoms. The Hall–Kier alpha value is -1.64. The number of hydrogen-bond acceptors (Lipinski definition) is 2. The fourth-order valence-electron chi connectivity index (χ4n) is 0.901. The molecule has 0 aromatic heterocycles. The van der Waals surface area contributed by atoms with Crippen molar-refractivity contribution in [3.63, 3.8) is 0 Å². The van der Waals surface area contributed by atoms with Crippen molar-refractivity contribution in [2.24, 2.45) is 0 Å². The number of nitrogens with one attached hydrogen (secondary N) is 1. The molecule has 0 fully saturated rings. The van der Waals surface area contributed by atoms with Crippen LogP contribution in [0.5, 0.6) is 0 Å². The van der Waals surface area contributed by atoms with Crippen molar-refractivity contribution in [3.05, 3.63) is 36.1 Å². The van der Waals surface area contributed by atoms with Crippen LogP contribution in [-0.2, 0) is 9.59 Å². The predicted molar refractivity (Wildman–Crippen MR) is 56.5 cm³/mol. The molecule has 1 N–H and O–H groups in total. The summed E-state index contributed by atoms with van der Waals surface area (Å²) in [6.45, 7) is 7.10. The van der Waals surface area contributed by atoms with Gasteiger partial charge in [-0.3, -0.25) is 9.59 Å². The summed E-state index contributed by atoms with van der Waals surface area (Å²) < 4.78 is 0. The molecule has 76 valence electrons. The molecule has 3 nitrogen and oxygen atoms in total. The van der Waals surface area contributed by atoms with Gasteiger partial charge < -0.3 is 5.32 Å². The minimum Gasteiger partial charge on any atom is -0.329 e. The highest BCUT2D eigenvalue weighted by molar-refractivity contribution is 5.98. The van der Waals surface area contributed by atoms with Gasteiger partial charge in [0.1, 0.15) is 0 Å². The van der Waals surface area contributed by atoms with Gasteiger partial charge in [0, 0.05) is 17.7 Å². The first-order valence-corrected chi connectivity index (χ1v) is 4.43. The summed E-state index contributed by atoms with van der Waals surface area (Å²) in [7, 11) is 0. The molecule has 0 atom stereocenters. The van der Waals surface area contributed by atoms with Crippen molar-refractivity contribution in [2.75, 3.05) is 0 Å². The highest BCUT2D eigenvalue weighted by Crippen LogP contribution is 2.04. The third-order valence-corrected chi connectivity index (χ3v) is 1.71. The van der Waals surface area contributed by atoms with Crippen molar-refractivity contribution in [1.82, 2.24) is 5.32 Å². The van der Waals surface area contributed by atoms with Gasteiger partial charge in [-0.05, 0) is 13.0 Å². The first-order chi connectivity index (χ1) is 6.69. The maximum Gasteiger partial charge on any atom is 0.211 e. The largest absolute Gasteiger partial charge is 0.329 e. The van der Waals surface area contributed by atoms with Crippen LogP contribution in [0.25, 0.3) is 0 Å². The summed E-state index contributed by atoms with van der Waals surface area (Å²) in [4.78, 5) is 21.5. The Morgan fingerprint density at radius 1 is 1.50 bits per heavy atom. The third-order valence-electron chi connectivity index (χ3n) is 1.71. The van der Waals surface area contributed by atoms with Gasteiger partial charge in [-0.1, -0.05) is 25.7 Å². The number of Topliss-reactive ketones (excluding diaryl/α,β-unsaturated/α-hetero) is 1. The van der Waals surface area contributed by atoms with Crippen LogP contribution in [0.3, 0.4) is 0 Å². The Kier molecular flexibility index (Phi) is 6.03. The van der Waals surface area contributed by atoms with E-state index in [0.717, 1.165) is 0 Å². The summed E-state index contributed by atoms with van der Waals surface area (Å²) >= 11 is 0. The lowest BCUT2D eigenvalue weighted by molar-refractivity contribution is -0.115. The van der Waals surface area contributed by atoms with E-state index in [1.54, 1.807) is 26.0 Å². The molecule has 0 radical (unpaired) electrons. The van der Waals surface area contributed by atoms with E-state index in [9.17, 15) is 9.59 Å². The topological polar surface area (TPSA) is 46.2 Å². The highest BCUT2D eigenvalue weighted by Gasteiger charge is 2.03. The SMILES string of the molecule is C=C/C(=C\C(=C/C)NC=O)C(=O)CC. The van der Waals surface area contributed by atoms with Gasteiger partial charge in [0.15, 0.2) is 5.78 Å². The van der Waals surface area contributed by atoms with Gasteiger partial charge in [-0.25, -0.2) is 0 Å².